The molecule has 0 N–H and O–H groups in total. The zero-order chi connectivity index (χ0) is 13.8. The number of carbonyl (C=O) groups is 1. The minimum absolute atomic E-state index is 0.300. The third-order valence-corrected chi connectivity index (χ3v) is 2.74. The monoisotopic (exact) mass is 260 g/mol. The number of hydrogen-bond acceptors (Lipinski definition) is 4. The predicted octanol–water partition coefficient (Wildman–Crippen LogP) is 2.27. The van der Waals surface area contributed by atoms with Crippen molar-refractivity contribution in [3.8, 4) is 17.0 Å². The highest BCUT2D eigenvalue weighted by molar-refractivity contribution is 5.88. The van der Waals surface area contributed by atoms with E-state index in [2.05, 4.69) is 9.84 Å². The maximum absolute atomic E-state index is 11.4. The van der Waals surface area contributed by atoms with Crippen LogP contribution in [0.15, 0.2) is 30.3 Å². The molecule has 0 aliphatic heterocycles. The summed E-state index contributed by atoms with van der Waals surface area (Å²) in [5, 5.41) is 4.13. The van der Waals surface area contributed by atoms with Crippen LogP contribution in [0.2, 0.25) is 0 Å². The lowest BCUT2D eigenvalue weighted by Crippen LogP contribution is -2.02. The van der Waals surface area contributed by atoms with Crippen molar-refractivity contribution in [3.05, 3.63) is 36.0 Å². The molecule has 0 radical (unpaired) electrons. The van der Waals surface area contributed by atoms with E-state index in [1.807, 2.05) is 31.2 Å². The fourth-order valence-corrected chi connectivity index (χ4v) is 1.83. The second-order valence-electron chi connectivity index (χ2n) is 3.99. The van der Waals surface area contributed by atoms with E-state index < -0.39 is 5.97 Å². The summed E-state index contributed by atoms with van der Waals surface area (Å²) in [6.45, 7) is 2.58. The molecule has 0 saturated heterocycles. The smallest absolute Gasteiger partial charge is 0.358 e. The Morgan fingerprint density at radius 1 is 1.32 bits per heavy atom. The molecule has 0 aliphatic rings. The molecule has 0 unspecified atom stereocenters. The summed E-state index contributed by atoms with van der Waals surface area (Å²) in [5.41, 5.74) is 2.12. The largest absolute Gasteiger partial charge is 0.494 e. The zero-order valence-electron chi connectivity index (χ0n) is 11.2. The van der Waals surface area contributed by atoms with Gasteiger partial charge < -0.3 is 9.47 Å². The first-order valence-electron chi connectivity index (χ1n) is 6.01. The van der Waals surface area contributed by atoms with Crippen LogP contribution in [-0.4, -0.2) is 29.5 Å². The van der Waals surface area contributed by atoms with E-state index in [-0.39, 0.29) is 0 Å². The molecule has 0 fully saturated rings. The van der Waals surface area contributed by atoms with E-state index in [1.54, 1.807) is 17.8 Å². The highest BCUT2D eigenvalue weighted by Gasteiger charge is 2.13. The van der Waals surface area contributed by atoms with E-state index >= 15 is 0 Å². The Morgan fingerprint density at radius 2 is 2.00 bits per heavy atom. The van der Waals surface area contributed by atoms with Gasteiger partial charge in [-0.2, -0.15) is 5.10 Å². The Bertz CT molecular complexity index is 573. The normalized spacial score (nSPS) is 10.3. The Labute approximate surface area is 111 Å². The number of nitrogens with zero attached hydrogens (tertiary/aromatic N) is 2. The first-order valence-corrected chi connectivity index (χ1v) is 6.01. The number of carbonyl (C=O) groups excluding carboxylic acids is 1. The molecule has 0 aliphatic carbocycles. The standard InChI is InChI=1S/C14H16N2O3/c1-4-19-11-7-5-10(6-8-11)13-9-12(14(17)18-3)15-16(13)2/h5-9H,4H2,1-3H3. The van der Waals surface area contributed by atoms with Gasteiger partial charge in [0.15, 0.2) is 5.69 Å². The van der Waals surface area contributed by atoms with Gasteiger partial charge in [0.1, 0.15) is 5.75 Å². The number of aryl methyl sites for hydroxylation is 1. The summed E-state index contributed by atoms with van der Waals surface area (Å²) in [6.07, 6.45) is 0. The summed E-state index contributed by atoms with van der Waals surface area (Å²) >= 11 is 0. The van der Waals surface area contributed by atoms with Crippen LogP contribution in [0.4, 0.5) is 0 Å². The number of methoxy groups -OCH3 is 1. The van der Waals surface area contributed by atoms with Gasteiger partial charge in [-0.25, -0.2) is 4.79 Å². The first kappa shape index (κ1) is 13.1. The number of benzene rings is 1. The van der Waals surface area contributed by atoms with Crippen molar-refractivity contribution in [3.63, 3.8) is 0 Å². The van der Waals surface area contributed by atoms with Crippen molar-refractivity contribution in [2.45, 2.75) is 6.92 Å². The fourth-order valence-electron chi connectivity index (χ4n) is 1.83. The number of hydrogen-bond donors (Lipinski definition) is 0. The first-order chi connectivity index (χ1) is 9.15. The fraction of sp³-hybridized carbons (Fsp3) is 0.286. The van der Waals surface area contributed by atoms with Gasteiger partial charge >= 0.3 is 5.97 Å². The molecule has 1 heterocycles. The summed E-state index contributed by atoms with van der Waals surface area (Å²) in [6, 6.07) is 9.36. The lowest BCUT2D eigenvalue weighted by Gasteiger charge is -2.05. The lowest BCUT2D eigenvalue weighted by molar-refractivity contribution is 0.0593. The molecular weight excluding hydrogens is 244 g/mol. The van der Waals surface area contributed by atoms with Gasteiger partial charge in [-0.3, -0.25) is 4.68 Å². The number of rotatable bonds is 4. The van der Waals surface area contributed by atoms with E-state index in [0.29, 0.717) is 12.3 Å². The lowest BCUT2D eigenvalue weighted by atomic mass is 10.1. The molecule has 2 aromatic rings. The summed E-state index contributed by atoms with van der Waals surface area (Å²) in [7, 11) is 3.13. The summed E-state index contributed by atoms with van der Waals surface area (Å²) in [4.78, 5) is 11.4. The van der Waals surface area contributed by atoms with Crippen molar-refractivity contribution in [1.29, 1.82) is 0 Å². The summed E-state index contributed by atoms with van der Waals surface area (Å²) in [5.74, 6) is 0.384. The minimum atomic E-state index is -0.437. The van der Waals surface area contributed by atoms with Crippen molar-refractivity contribution >= 4 is 5.97 Å². The quantitative estimate of drug-likeness (QED) is 0.791. The Hall–Kier alpha value is -2.30. The van der Waals surface area contributed by atoms with Crippen molar-refractivity contribution in [2.75, 3.05) is 13.7 Å². The van der Waals surface area contributed by atoms with Crippen LogP contribution in [0.5, 0.6) is 5.75 Å². The van der Waals surface area contributed by atoms with Gasteiger partial charge in [0.05, 0.1) is 19.4 Å². The van der Waals surface area contributed by atoms with Crippen molar-refractivity contribution in [1.82, 2.24) is 9.78 Å². The molecule has 5 heteroatoms. The third kappa shape index (κ3) is 2.76. The van der Waals surface area contributed by atoms with Crippen molar-refractivity contribution < 1.29 is 14.3 Å². The number of aromatic nitrogens is 2. The Morgan fingerprint density at radius 3 is 2.58 bits per heavy atom. The predicted molar refractivity (Wildman–Crippen MR) is 71.2 cm³/mol. The molecule has 0 spiro atoms. The van der Waals surface area contributed by atoms with Crippen LogP contribution in [0.1, 0.15) is 17.4 Å². The van der Waals surface area contributed by atoms with E-state index in [1.165, 1.54) is 7.11 Å². The molecule has 0 bridgehead atoms. The van der Waals surface area contributed by atoms with Crippen LogP contribution >= 0.6 is 0 Å². The second kappa shape index (κ2) is 5.56. The van der Waals surface area contributed by atoms with Crippen molar-refractivity contribution in [2.24, 2.45) is 7.05 Å². The second-order valence-corrected chi connectivity index (χ2v) is 3.99. The Balaban J connectivity index is 2.31. The molecule has 0 atom stereocenters. The third-order valence-electron chi connectivity index (χ3n) is 2.74. The highest BCUT2D eigenvalue weighted by Crippen LogP contribution is 2.23. The SMILES string of the molecule is CCOc1ccc(-c2cc(C(=O)OC)nn2C)cc1. The average molecular weight is 260 g/mol. The van der Waals surface area contributed by atoms with Crippen LogP contribution in [0.3, 0.4) is 0 Å². The van der Waals surface area contributed by atoms with Gasteiger partial charge in [-0.05, 0) is 37.3 Å². The maximum atomic E-state index is 11.4. The number of esters is 1. The zero-order valence-corrected chi connectivity index (χ0v) is 11.2. The maximum Gasteiger partial charge on any atom is 0.358 e. The van der Waals surface area contributed by atoms with Gasteiger partial charge in [-0.1, -0.05) is 0 Å². The van der Waals surface area contributed by atoms with Crippen LogP contribution in [0.25, 0.3) is 11.3 Å². The minimum Gasteiger partial charge on any atom is -0.494 e. The van der Waals surface area contributed by atoms with Crippen LogP contribution < -0.4 is 4.74 Å². The summed E-state index contributed by atoms with van der Waals surface area (Å²) < 4.78 is 11.7. The number of ether oxygens (including phenoxy) is 2. The van der Waals surface area contributed by atoms with E-state index in [0.717, 1.165) is 17.0 Å². The molecule has 2 rings (SSSR count). The molecule has 19 heavy (non-hydrogen) atoms. The molecule has 1 aromatic heterocycles. The van der Waals surface area contributed by atoms with Gasteiger partial charge in [-0.15, -0.1) is 0 Å². The van der Waals surface area contributed by atoms with E-state index in [4.69, 9.17) is 4.74 Å². The highest BCUT2D eigenvalue weighted by atomic mass is 16.5. The van der Waals surface area contributed by atoms with Gasteiger partial charge in [0.25, 0.3) is 0 Å². The van der Waals surface area contributed by atoms with Gasteiger partial charge in [0.2, 0.25) is 0 Å². The molecule has 100 valence electrons. The van der Waals surface area contributed by atoms with Gasteiger partial charge in [0, 0.05) is 12.6 Å². The average Bonchev–Trinajstić information content (AvgIpc) is 2.81. The topological polar surface area (TPSA) is 53.4 Å². The molecule has 5 nitrogen and oxygen atoms in total. The molecular formula is C14H16N2O3. The Kier molecular flexibility index (Phi) is 3.85. The molecule has 0 saturated carbocycles. The van der Waals surface area contributed by atoms with E-state index in [9.17, 15) is 4.79 Å². The van der Waals surface area contributed by atoms with Crippen LogP contribution in [-0.2, 0) is 11.8 Å². The van der Waals surface area contributed by atoms with Crippen LogP contribution in [0, 0.1) is 0 Å². The molecule has 0 amide bonds. The molecule has 1 aromatic carbocycles.